The van der Waals surface area contributed by atoms with Gasteiger partial charge < -0.3 is 10.0 Å². The first kappa shape index (κ1) is 14.1. The van der Waals surface area contributed by atoms with Crippen LogP contribution >= 0.6 is 0 Å². The molecular formula is C17H26N2O. The summed E-state index contributed by atoms with van der Waals surface area (Å²) in [6, 6.07) is 11.2. The highest BCUT2D eigenvalue weighted by Gasteiger charge is 2.46. The van der Waals surface area contributed by atoms with Crippen LogP contribution in [0.2, 0.25) is 0 Å². The molecule has 1 aromatic rings. The van der Waals surface area contributed by atoms with Gasteiger partial charge in [-0.15, -0.1) is 0 Å². The third-order valence-corrected chi connectivity index (χ3v) is 5.35. The minimum absolute atomic E-state index is 0.153. The van der Waals surface area contributed by atoms with Crippen molar-refractivity contribution in [3.05, 3.63) is 35.9 Å². The molecule has 3 nitrogen and oxygen atoms in total. The van der Waals surface area contributed by atoms with Gasteiger partial charge in [-0.1, -0.05) is 30.3 Å². The van der Waals surface area contributed by atoms with E-state index in [4.69, 9.17) is 0 Å². The first-order valence-electron chi connectivity index (χ1n) is 7.81. The van der Waals surface area contributed by atoms with E-state index in [0.717, 1.165) is 26.1 Å². The van der Waals surface area contributed by atoms with E-state index in [9.17, 15) is 5.11 Å². The zero-order valence-electron chi connectivity index (χ0n) is 12.5. The summed E-state index contributed by atoms with van der Waals surface area (Å²) in [5.74, 6) is 0. The van der Waals surface area contributed by atoms with Gasteiger partial charge in [-0.05, 0) is 45.0 Å². The van der Waals surface area contributed by atoms with Crippen molar-refractivity contribution < 1.29 is 5.11 Å². The van der Waals surface area contributed by atoms with Gasteiger partial charge in [0.05, 0.1) is 6.61 Å². The number of fused-ring (bicyclic) bond motifs is 1. The van der Waals surface area contributed by atoms with E-state index in [1.165, 1.54) is 24.9 Å². The number of likely N-dealkylation sites (tertiary alicyclic amines) is 2. The molecule has 110 valence electrons. The van der Waals surface area contributed by atoms with Crippen LogP contribution in [0, 0.1) is 5.41 Å². The van der Waals surface area contributed by atoms with Crippen LogP contribution in [0.15, 0.2) is 30.3 Å². The van der Waals surface area contributed by atoms with E-state index >= 15 is 0 Å². The van der Waals surface area contributed by atoms with Crippen molar-refractivity contribution >= 4 is 0 Å². The second kappa shape index (κ2) is 5.84. The lowest BCUT2D eigenvalue weighted by Gasteiger charge is -2.53. The summed E-state index contributed by atoms with van der Waals surface area (Å²) in [7, 11) is 2.22. The Balaban J connectivity index is 1.70. The summed E-state index contributed by atoms with van der Waals surface area (Å²) >= 11 is 0. The van der Waals surface area contributed by atoms with Crippen molar-refractivity contribution in [2.24, 2.45) is 5.41 Å². The van der Waals surface area contributed by atoms with Crippen LogP contribution in [0.25, 0.3) is 0 Å². The molecule has 0 radical (unpaired) electrons. The van der Waals surface area contributed by atoms with Gasteiger partial charge in [-0.25, -0.2) is 0 Å². The zero-order valence-corrected chi connectivity index (χ0v) is 12.5. The number of aliphatic hydroxyl groups excluding tert-OH is 1. The summed E-state index contributed by atoms with van der Waals surface area (Å²) in [5.41, 5.74) is 1.54. The predicted molar refractivity (Wildman–Crippen MR) is 81.5 cm³/mol. The molecule has 0 bridgehead atoms. The van der Waals surface area contributed by atoms with Gasteiger partial charge >= 0.3 is 0 Å². The van der Waals surface area contributed by atoms with E-state index in [2.05, 4.69) is 47.2 Å². The van der Waals surface area contributed by atoms with Crippen LogP contribution in [0.5, 0.6) is 0 Å². The zero-order chi connectivity index (χ0) is 14.0. The molecule has 0 unspecified atom stereocenters. The number of benzene rings is 1. The number of likely N-dealkylation sites (N-methyl/N-ethyl adjacent to an activating group) is 1. The van der Waals surface area contributed by atoms with Gasteiger partial charge in [-0.3, -0.25) is 4.90 Å². The van der Waals surface area contributed by atoms with Crippen molar-refractivity contribution in [2.45, 2.75) is 31.8 Å². The Morgan fingerprint density at radius 3 is 2.75 bits per heavy atom. The molecule has 2 aliphatic heterocycles. The van der Waals surface area contributed by atoms with Crippen LogP contribution in [0.3, 0.4) is 0 Å². The highest BCUT2D eigenvalue weighted by molar-refractivity contribution is 5.15. The summed E-state index contributed by atoms with van der Waals surface area (Å²) < 4.78 is 0. The third-order valence-electron chi connectivity index (χ3n) is 5.35. The maximum Gasteiger partial charge on any atom is 0.0503 e. The van der Waals surface area contributed by atoms with E-state index in [1.807, 2.05) is 0 Å². The Morgan fingerprint density at radius 1 is 1.20 bits per heavy atom. The summed E-state index contributed by atoms with van der Waals surface area (Å²) in [6.45, 7) is 4.76. The van der Waals surface area contributed by atoms with Crippen molar-refractivity contribution in [3.63, 3.8) is 0 Å². The molecule has 1 N–H and O–H groups in total. The lowest BCUT2D eigenvalue weighted by atomic mass is 9.69. The molecule has 0 amide bonds. The highest BCUT2D eigenvalue weighted by atomic mass is 16.3. The molecule has 0 saturated carbocycles. The second-order valence-electron chi connectivity index (χ2n) is 6.59. The summed E-state index contributed by atoms with van der Waals surface area (Å²) in [5, 5.41) is 9.93. The van der Waals surface area contributed by atoms with Crippen LogP contribution in [0.1, 0.15) is 24.8 Å². The average Bonchev–Trinajstić information content (AvgIpc) is 2.49. The third kappa shape index (κ3) is 2.62. The maximum atomic E-state index is 9.93. The van der Waals surface area contributed by atoms with Crippen molar-refractivity contribution in [1.82, 2.24) is 9.80 Å². The molecule has 2 heterocycles. The average molecular weight is 274 g/mol. The van der Waals surface area contributed by atoms with Crippen LogP contribution in [-0.2, 0) is 6.54 Å². The van der Waals surface area contributed by atoms with Crippen molar-refractivity contribution in [2.75, 3.05) is 33.3 Å². The molecule has 2 atom stereocenters. The van der Waals surface area contributed by atoms with Crippen molar-refractivity contribution in [3.8, 4) is 0 Å². The SMILES string of the molecule is CN1CCC[C@]2(CO)CCN(Cc3ccccc3)C[C@@H]12. The number of rotatable bonds is 3. The van der Waals surface area contributed by atoms with E-state index in [0.29, 0.717) is 12.6 Å². The summed E-state index contributed by atoms with van der Waals surface area (Å²) in [6.07, 6.45) is 3.55. The molecular weight excluding hydrogens is 248 g/mol. The molecule has 0 aliphatic carbocycles. The smallest absolute Gasteiger partial charge is 0.0503 e. The normalized spacial score (nSPS) is 32.0. The first-order valence-corrected chi connectivity index (χ1v) is 7.81. The lowest BCUT2D eigenvalue weighted by molar-refractivity contribution is -0.0684. The highest BCUT2D eigenvalue weighted by Crippen LogP contribution is 2.41. The molecule has 3 rings (SSSR count). The van der Waals surface area contributed by atoms with E-state index < -0.39 is 0 Å². The topological polar surface area (TPSA) is 26.7 Å². The standard InChI is InChI=1S/C17H26N2O/c1-18-10-5-8-17(14-20)9-11-19(13-16(17)18)12-15-6-3-2-4-7-15/h2-4,6-7,16,20H,5,8-14H2,1H3/t16-,17-/m1/s1. The van der Waals surface area contributed by atoms with Crippen LogP contribution in [0.4, 0.5) is 0 Å². The Hall–Kier alpha value is -0.900. The Labute approximate surface area is 122 Å². The fourth-order valence-electron chi connectivity index (χ4n) is 4.06. The molecule has 3 heteroatoms. The second-order valence-corrected chi connectivity index (χ2v) is 6.59. The van der Waals surface area contributed by atoms with Crippen LogP contribution < -0.4 is 0 Å². The number of hydrogen-bond donors (Lipinski definition) is 1. The number of aliphatic hydroxyl groups is 1. The largest absolute Gasteiger partial charge is 0.396 e. The van der Waals surface area contributed by atoms with Gasteiger partial charge in [0.25, 0.3) is 0 Å². The minimum atomic E-state index is 0.153. The fraction of sp³-hybridized carbons (Fsp3) is 0.647. The predicted octanol–water partition coefficient (Wildman–Crippen LogP) is 1.97. The monoisotopic (exact) mass is 274 g/mol. The van der Waals surface area contributed by atoms with E-state index in [-0.39, 0.29) is 5.41 Å². The van der Waals surface area contributed by atoms with Gasteiger partial charge in [0, 0.05) is 24.5 Å². The molecule has 20 heavy (non-hydrogen) atoms. The van der Waals surface area contributed by atoms with Gasteiger partial charge in [0.15, 0.2) is 0 Å². The molecule has 2 aliphatic rings. The molecule has 0 spiro atoms. The number of piperidine rings is 2. The lowest BCUT2D eigenvalue weighted by Crippen LogP contribution is -2.61. The van der Waals surface area contributed by atoms with Crippen molar-refractivity contribution in [1.29, 1.82) is 0 Å². The molecule has 1 aromatic carbocycles. The molecule has 0 aromatic heterocycles. The quantitative estimate of drug-likeness (QED) is 0.913. The molecule has 2 fully saturated rings. The van der Waals surface area contributed by atoms with Gasteiger partial charge in [-0.2, -0.15) is 0 Å². The first-order chi connectivity index (χ1) is 9.73. The Bertz CT molecular complexity index is 436. The summed E-state index contributed by atoms with van der Waals surface area (Å²) in [4.78, 5) is 5.02. The van der Waals surface area contributed by atoms with Crippen LogP contribution in [-0.4, -0.2) is 54.2 Å². The number of hydrogen-bond acceptors (Lipinski definition) is 3. The minimum Gasteiger partial charge on any atom is -0.396 e. The number of nitrogens with zero attached hydrogens (tertiary/aromatic N) is 2. The Kier molecular flexibility index (Phi) is 4.11. The van der Waals surface area contributed by atoms with Gasteiger partial charge in [0.2, 0.25) is 0 Å². The van der Waals surface area contributed by atoms with E-state index in [1.54, 1.807) is 0 Å². The molecule has 2 saturated heterocycles. The Morgan fingerprint density at radius 2 is 2.00 bits per heavy atom. The maximum absolute atomic E-state index is 9.93. The van der Waals surface area contributed by atoms with Gasteiger partial charge in [0.1, 0.15) is 0 Å². The fourth-order valence-corrected chi connectivity index (χ4v) is 4.06.